The van der Waals surface area contributed by atoms with Crippen LogP contribution in [-0.2, 0) is 0 Å². The Morgan fingerprint density at radius 1 is 1.41 bits per heavy atom. The third-order valence-corrected chi connectivity index (χ3v) is 4.79. The van der Waals surface area contributed by atoms with Crippen LogP contribution in [0.15, 0.2) is 24.3 Å². The molecule has 0 amide bonds. The molecule has 0 spiro atoms. The van der Waals surface area contributed by atoms with E-state index in [1.54, 1.807) is 0 Å². The third-order valence-electron chi connectivity index (χ3n) is 4.55. The zero-order valence-electron chi connectivity index (χ0n) is 11.0. The van der Waals surface area contributed by atoms with Crippen LogP contribution in [0.5, 0.6) is 0 Å². The lowest BCUT2D eigenvalue weighted by molar-refractivity contribution is 0.120. The number of piperidine rings is 1. The van der Waals surface area contributed by atoms with Crippen molar-refractivity contribution in [3.63, 3.8) is 0 Å². The molecule has 0 aliphatic carbocycles. The Morgan fingerprint density at radius 3 is 2.82 bits per heavy atom. The molecular weight excluding hydrogens is 230 g/mol. The highest BCUT2D eigenvalue weighted by molar-refractivity contribution is 6.30. The van der Waals surface area contributed by atoms with Crippen LogP contribution in [0, 0.1) is 11.3 Å². The first-order chi connectivity index (χ1) is 8.04. The molecule has 0 bridgehead atoms. The summed E-state index contributed by atoms with van der Waals surface area (Å²) >= 11 is 6.12. The molecule has 2 atom stereocenters. The van der Waals surface area contributed by atoms with Crippen LogP contribution in [0.1, 0.15) is 38.7 Å². The van der Waals surface area contributed by atoms with Crippen molar-refractivity contribution in [2.75, 3.05) is 13.1 Å². The zero-order valence-corrected chi connectivity index (χ0v) is 11.7. The SMILES string of the molecule is CC(C)C1(C)CCNCC1c1cccc(Cl)c1. The second-order valence-electron chi connectivity index (χ2n) is 5.72. The number of halogens is 1. The van der Waals surface area contributed by atoms with Gasteiger partial charge in [-0.25, -0.2) is 0 Å². The number of nitrogens with one attached hydrogen (secondary N) is 1. The summed E-state index contributed by atoms with van der Waals surface area (Å²) in [6.07, 6.45) is 1.24. The van der Waals surface area contributed by atoms with Gasteiger partial charge in [0.15, 0.2) is 0 Å². The van der Waals surface area contributed by atoms with Crippen molar-refractivity contribution >= 4 is 11.6 Å². The van der Waals surface area contributed by atoms with Crippen LogP contribution >= 0.6 is 11.6 Å². The Hall–Kier alpha value is -0.530. The third kappa shape index (κ3) is 2.51. The van der Waals surface area contributed by atoms with E-state index in [9.17, 15) is 0 Å². The van der Waals surface area contributed by atoms with Crippen LogP contribution < -0.4 is 5.32 Å². The maximum absolute atomic E-state index is 6.12. The number of rotatable bonds is 2. The van der Waals surface area contributed by atoms with Gasteiger partial charge in [-0.2, -0.15) is 0 Å². The summed E-state index contributed by atoms with van der Waals surface area (Å²) in [5, 5.41) is 4.37. The highest BCUT2D eigenvalue weighted by Crippen LogP contribution is 2.46. The first kappa shape index (κ1) is 12.9. The standard InChI is InChI=1S/C15H22ClN/c1-11(2)15(3)7-8-17-10-14(15)12-5-4-6-13(16)9-12/h4-6,9,11,14,17H,7-8,10H2,1-3H3. The summed E-state index contributed by atoms with van der Waals surface area (Å²) in [4.78, 5) is 0. The van der Waals surface area contributed by atoms with Crippen molar-refractivity contribution in [1.29, 1.82) is 0 Å². The van der Waals surface area contributed by atoms with Crippen molar-refractivity contribution in [2.24, 2.45) is 11.3 Å². The van der Waals surface area contributed by atoms with E-state index < -0.39 is 0 Å². The Balaban J connectivity index is 2.34. The van der Waals surface area contributed by atoms with Crippen LogP contribution in [0.2, 0.25) is 5.02 Å². The van der Waals surface area contributed by atoms with E-state index in [1.807, 2.05) is 6.07 Å². The summed E-state index contributed by atoms with van der Waals surface area (Å²) in [7, 11) is 0. The summed E-state index contributed by atoms with van der Waals surface area (Å²) < 4.78 is 0. The fourth-order valence-electron chi connectivity index (χ4n) is 2.92. The van der Waals surface area contributed by atoms with Gasteiger partial charge in [0.25, 0.3) is 0 Å². The summed E-state index contributed by atoms with van der Waals surface area (Å²) in [5.74, 6) is 1.25. The molecule has 1 aromatic rings. The maximum atomic E-state index is 6.12. The first-order valence-corrected chi connectivity index (χ1v) is 6.88. The van der Waals surface area contributed by atoms with E-state index in [4.69, 9.17) is 11.6 Å². The summed E-state index contributed by atoms with van der Waals surface area (Å²) in [6.45, 7) is 9.29. The minimum atomic E-state index is 0.371. The fourth-order valence-corrected chi connectivity index (χ4v) is 3.12. The molecule has 2 unspecified atom stereocenters. The molecule has 1 aliphatic heterocycles. The minimum Gasteiger partial charge on any atom is -0.316 e. The van der Waals surface area contributed by atoms with Crippen molar-refractivity contribution in [3.8, 4) is 0 Å². The van der Waals surface area contributed by atoms with E-state index in [2.05, 4.69) is 44.3 Å². The lowest BCUT2D eigenvalue weighted by Crippen LogP contribution is -2.44. The van der Waals surface area contributed by atoms with Crippen molar-refractivity contribution in [1.82, 2.24) is 5.32 Å². The molecule has 17 heavy (non-hydrogen) atoms. The van der Waals surface area contributed by atoms with E-state index >= 15 is 0 Å². The lowest BCUT2D eigenvalue weighted by Gasteiger charge is -2.45. The second kappa shape index (κ2) is 4.99. The molecular formula is C15H22ClN. The molecule has 1 N–H and O–H groups in total. The number of hydrogen-bond acceptors (Lipinski definition) is 1. The molecule has 2 heteroatoms. The maximum Gasteiger partial charge on any atom is 0.0408 e. The molecule has 1 aromatic carbocycles. The molecule has 2 rings (SSSR count). The van der Waals surface area contributed by atoms with Crippen LogP contribution in [0.3, 0.4) is 0 Å². The Labute approximate surface area is 110 Å². The molecule has 94 valence electrons. The van der Waals surface area contributed by atoms with Crippen LogP contribution in [-0.4, -0.2) is 13.1 Å². The van der Waals surface area contributed by atoms with Gasteiger partial charge in [-0.15, -0.1) is 0 Å². The van der Waals surface area contributed by atoms with Crippen LogP contribution in [0.4, 0.5) is 0 Å². The number of benzene rings is 1. The van der Waals surface area contributed by atoms with E-state index in [1.165, 1.54) is 12.0 Å². The smallest absolute Gasteiger partial charge is 0.0408 e. The molecule has 0 aromatic heterocycles. The molecule has 1 heterocycles. The van der Waals surface area contributed by atoms with Gasteiger partial charge in [-0.1, -0.05) is 44.5 Å². The topological polar surface area (TPSA) is 12.0 Å². The average Bonchev–Trinajstić information content (AvgIpc) is 2.29. The minimum absolute atomic E-state index is 0.371. The van der Waals surface area contributed by atoms with E-state index in [0.29, 0.717) is 17.3 Å². The largest absolute Gasteiger partial charge is 0.316 e. The van der Waals surface area contributed by atoms with Gasteiger partial charge in [0.05, 0.1) is 0 Å². The highest BCUT2D eigenvalue weighted by atomic mass is 35.5. The predicted octanol–water partition coefficient (Wildman–Crippen LogP) is 4.08. The zero-order chi connectivity index (χ0) is 12.5. The van der Waals surface area contributed by atoms with Gasteiger partial charge in [0.1, 0.15) is 0 Å². The van der Waals surface area contributed by atoms with E-state index in [0.717, 1.165) is 18.1 Å². The van der Waals surface area contributed by atoms with Gasteiger partial charge in [-0.3, -0.25) is 0 Å². The normalized spacial score (nSPS) is 29.6. The van der Waals surface area contributed by atoms with Gasteiger partial charge >= 0.3 is 0 Å². The Kier molecular flexibility index (Phi) is 3.79. The molecule has 1 fully saturated rings. The predicted molar refractivity (Wildman–Crippen MR) is 74.6 cm³/mol. The monoisotopic (exact) mass is 251 g/mol. The van der Waals surface area contributed by atoms with Gasteiger partial charge < -0.3 is 5.32 Å². The van der Waals surface area contributed by atoms with Crippen molar-refractivity contribution in [3.05, 3.63) is 34.9 Å². The Morgan fingerprint density at radius 2 is 2.18 bits per heavy atom. The summed E-state index contributed by atoms with van der Waals surface area (Å²) in [6, 6.07) is 8.35. The van der Waals surface area contributed by atoms with Gasteiger partial charge in [0.2, 0.25) is 0 Å². The highest BCUT2D eigenvalue weighted by Gasteiger charge is 2.39. The molecule has 1 nitrogen and oxygen atoms in total. The molecule has 1 aliphatic rings. The number of hydrogen-bond donors (Lipinski definition) is 1. The molecule has 1 saturated heterocycles. The lowest BCUT2D eigenvalue weighted by atomic mass is 9.63. The van der Waals surface area contributed by atoms with Crippen molar-refractivity contribution < 1.29 is 0 Å². The van der Waals surface area contributed by atoms with E-state index in [-0.39, 0.29) is 0 Å². The molecule has 0 saturated carbocycles. The fraction of sp³-hybridized carbons (Fsp3) is 0.600. The van der Waals surface area contributed by atoms with Crippen molar-refractivity contribution in [2.45, 2.75) is 33.1 Å². The second-order valence-corrected chi connectivity index (χ2v) is 6.16. The van der Waals surface area contributed by atoms with Gasteiger partial charge in [-0.05, 0) is 42.0 Å². The molecule has 0 radical (unpaired) electrons. The first-order valence-electron chi connectivity index (χ1n) is 6.50. The van der Waals surface area contributed by atoms with Crippen LogP contribution in [0.25, 0.3) is 0 Å². The van der Waals surface area contributed by atoms with Gasteiger partial charge in [0, 0.05) is 17.5 Å². The summed E-state index contributed by atoms with van der Waals surface area (Å²) in [5.41, 5.74) is 1.75. The quantitative estimate of drug-likeness (QED) is 0.835. The Bertz CT molecular complexity index is 388. The average molecular weight is 252 g/mol.